The Bertz CT molecular complexity index is 1400. The van der Waals surface area contributed by atoms with Crippen LogP contribution in [0, 0.1) is 12.7 Å². The lowest BCUT2D eigenvalue weighted by atomic mass is 10.1. The van der Waals surface area contributed by atoms with Crippen LogP contribution in [0.15, 0.2) is 59.2 Å². The highest BCUT2D eigenvalue weighted by Crippen LogP contribution is 2.32. The minimum absolute atomic E-state index is 0.0744. The molecule has 0 spiro atoms. The van der Waals surface area contributed by atoms with E-state index in [2.05, 4.69) is 15.6 Å². The molecular weight excluding hydrogens is 467 g/mol. The van der Waals surface area contributed by atoms with Gasteiger partial charge in [0.2, 0.25) is 0 Å². The first kappa shape index (κ1) is 23.3. The van der Waals surface area contributed by atoms with E-state index in [-0.39, 0.29) is 28.2 Å². The number of hydrogen-bond acceptors (Lipinski definition) is 6. The standard InChI is InChI=1S/C26H25FN4O3S/c1-16-30-23(24(35-16)17-6-8-18(27)9-7-17)26(33)31(2)12-11-28-19(15-31)14-29-25(32)21-4-3-5-22-20(21)10-13-34-22/h3-10,13,19,28H,11-12,14-15H2,1-2H3/p+1. The lowest BCUT2D eigenvalue weighted by molar-refractivity contribution is -0.833. The van der Waals surface area contributed by atoms with Crippen LogP contribution in [0.4, 0.5) is 4.39 Å². The minimum atomic E-state index is -0.321. The molecule has 2 atom stereocenters. The van der Waals surface area contributed by atoms with Gasteiger partial charge in [-0.15, -0.1) is 11.3 Å². The molecule has 0 radical (unpaired) electrons. The number of aryl methyl sites for hydroxylation is 1. The van der Waals surface area contributed by atoms with E-state index in [1.807, 2.05) is 20.0 Å². The van der Waals surface area contributed by atoms with E-state index < -0.39 is 0 Å². The first-order valence-corrected chi connectivity index (χ1v) is 12.3. The Morgan fingerprint density at radius 3 is 2.83 bits per heavy atom. The van der Waals surface area contributed by atoms with E-state index in [1.165, 1.54) is 23.5 Å². The summed E-state index contributed by atoms with van der Waals surface area (Å²) in [4.78, 5) is 31.9. The monoisotopic (exact) mass is 493 g/mol. The Kier molecular flexibility index (Phi) is 6.22. The van der Waals surface area contributed by atoms with E-state index in [4.69, 9.17) is 4.42 Å². The van der Waals surface area contributed by atoms with Crippen molar-refractivity contribution in [1.82, 2.24) is 15.6 Å². The van der Waals surface area contributed by atoms with Gasteiger partial charge in [0, 0.05) is 18.5 Å². The predicted octanol–water partition coefficient (Wildman–Crippen LogP) is 3.99. The molecule has 1 aliphatic rings. The van der Waals surface area contributed by atoms with Crippen molar-refractivity contribution in [2.75, 3.05) is 33.2 Å². The second-order valence-electron chi connectivity index (χ2n) is 9.02. The van der Waals surface area contributed by atoms with Crippen LogP contribution >= 0.6 is 11.3 Å². The zero-order valence-electron chi connectivity index (χ0n) is 19.5. The molecule has 2 N–H and O–H groups in total. The fraction of sp³-hybridized carbons (Fsp3) is 0.269. The third kappa shape index (κ3) is 4.62. The number of nitrogens with zero attached hydrogens (tertiary/aromatic N) is 2. The summed E-state index contributed by atoms with van der Waals surface area (Å²) in [6.07, 6.45) is 1.57. The predicted molar refractivity (Wildman–Crippen MR) is 133 cm³/mol. The number of rotatable bonds is 5. The second kappa shape index (κ2) is 9.33. The molecule has 0 saturated carbocycles. The first-order valence-electron chi connectivity index (χ1n) is 11.4. The van der Waals surface area contributed by atoms with Gasteiger partial charge >= 0.3 is 5.91 Å². The van der Waals surface area contributed by atoms with E-state index in [1.54, 1.807) is 36.6 Å². The number of quaternary nitrogens is 1. The summed E-state index contributed by atoms with van der Waals surface area (Å²) in [5, 5.41) is 7.97. The number of piperazine rings is 1. The van der Waals surface area contributed by atoms with Gasteiger partial charge in [0.15, 0.2) is 5.69 Å². The van der Waals surface area contributed by atoms with Gasteiger partial charge in [0.1, 0.15) is 17.9 Å². The highest BCUT2D eigenvalue weighted by Gasteiger charge is 2.41. The summed E-state index contributed by atoms with van der Waals surface area (Å²) < 4.78 is 19.0. The van der Waals surface area contributed by atoms with Gasteiger partial charge in [-0.3, -0.25) is 9.28 Å². The number of likely N-dealkylation sites (N-methyl/N-ethyl adjacent to an activating group) is 1. The Labute approximate surface area is 206 Å². The van der Waals surface area contributed by atoms with Gasteiger partial charge in [-0.05, 0) is 42.8 Å². The van der Waals surface area contributed by atoms with Crippen molar-refractivity contribution in [2.24, 2.45) is 0 Å². The minimum Gasteiger partial charge on any atom is -0.464 e. The molecule has 35 heavy (non-hydrogen) atoms. The molecule has 2 aromatic heterocycles. The SMILES string of the molecule is Cc1nc(C(=O)[N+]2(C)CCNC(CNC(=O)c3cccc4occc34)C2)c(-c2ccc(F)cc2)s1. The molecular formula is C26H26FN4O3S+. The Balaban J connectivity index is 1.31. The Morgan fingerprint density at radius 2 is 2.03 bits per heavy atom. The van der Waals surface area contributed by atoms with Crippen LogP contribution in [0.3, 0.4) is 0 Å². The van der Waals surface area contributed by atoms with Crippen molar-refractivity contribution >= 4 is 34.1 Å². The molecule has 0 aliphatic carbocycles. The van der Waals surface area contributed by atoms with E-state index >= 15 is 0 Å². The lowest BCUT2D eigenvalue weighted by Crippen LogP contribution is -2.65. The van der Waals surface area contributed by atoms with Crippen LogP contribution in [0.5, 0.6) is 0 Å². The fourth-order valence-corrected chi connectivity index (χ4v) is 5.52. The number of hydrogen-bond donors (Lipinski definition) is 2. The van der Waals surface area contributed by atoms with Gasteiger partial charge in [0.05, 0.1) is 41.3 Å². The quantitative estimate of drug-likeness (QED) is 0.411. The maximum absolute atomic E-state index is 13.7. The number of fused-ring (bicyclic) bond motifs is 1. The number of aromatic nitrogens is 1. The smallest absolute Gasteiger partial charge is 0.365 e. The fourth-order valence-electron chi connectivity index (χ4n) is 4.61. The summed E-state index contributed by atoms with van der Waals surface area (Å²) in [7, 11) is 1.91. The number of halogens is 1. The van der Waals surface area contributed by atoms with Crippen molar-refractivity contribution < 1.29 is 22.9 Å². The Hall–Kier alpha value is -3.40. The van der Waals surface area contributed by atoms with Gasteiger partial charge in [-0.1, -0.05) is 18.2 Å². The maximum atomic E-state index is 13.7. The van der Waals surface area contributed by atoms with Crippen molar-refractivity contribution in [2.45, 2.75) is 13.0 Å². The van der Waals surface area contributed by atoms with E-state index in [0.717, 1.165) is 20.8 Å². The van der Waals surface area contributed by atoms with Crippen LogP contribution in [0.1, 0.15) is 25.9 Å². The molecule has 9 heteroatoms. The van der Waals surface area contributed by atoms with Crippen molar-refractivity contribution in [3.05, 3.63) is 76.9 Å². The largest absolute Gasteiger partial charge is 0.464 e. The van der Waals surface area contributed by atoms with Gasteiger partial charge in [-0.25, -0.2) is 14.2 Å². The molecule has 7 nitrogen and oxygen atoms in total. The van der Waals surface area contributed by atoms with E-state index in [9.17, 15) is 14.0 Å². The number of thiazole rings is 1. The molecule has 3 heterocycles. The van der Waals surface area contributed by atoms with Crippen LogP contribution in [-0.4, -0.2) is 60.5 Å². The number of amides is 2. The van der Waals surface area contributed by atoms with Gasteiger partial charge in [0.25, 0.3) is 5.91 Å². The number of nitrogens with one attached hydrogen (secondary N) is 2. The van der Waals surface area contributed by atoms with Crippen molar-refractivity contribution in [1.29, 1.82) is 0 Å². The number of furan rings is 1. The molecule has 1 fully saturated rings. The number of carbonyl (C=O) groups is 2. The molecule has 2 aromatic carbocycles. The van der Waals surface area contributed by atoms with Crippen LogP contribution in [0.25, 0.3) is 21.4 Å². The molecule has 0 bridgehead atoms. The van der Waals surface area contributed by atoms with Crippen LogP contribution in [-0.2, 0) is 0 Å². The summed E-state index contributed by atoms with van der Waals surface area (Å²) in [5.41, 5.74) is 2.42. The third-order valence-corrected chi connectivity index (χ3v) is 7.46. The molecule has 2 amide bonds. The average molecular weight is 494 g/mol. The Morgan fingerprint density at radius 1 is 1.23 bits per heavy atom. The highest BCUT2D eigenvalue weighted by molar-refractivity contribution is 7.15. The molecule has 1 saturated heterocycles. The normalized spacial score (nSPS) is 20.1. The maximum Gasteiger partial charge on any atom is 0.365 e. The summed E-state index contributed by atoms with van der Waals surface area (Å²) in [6, 6.07) is 13.2. The number of carbonyl (C=O) groups excluding carboxylic acids is 2. The van der Waals surface area contributed by atoms with Crippen LogP contribution < -0.4 is 10.6 Å². The molecule has 4 aromatic rings. The molecule has 180 valence electrons. The summed E-state index contributed by atoms with van der Waals surface area (Å²) in [6.45, 7) is 4.00. The first-order chi connectivity index (χ1) is 16.8. The van der Waals surface area contributed by atoms with Crippen molar-refractivity contribution in [3.63, 3.8) is 0 Å². The zero-order chi connectivity index (χ0) is 24.6. The lowest BCUT2D eigenvalue weighted by Gasteiger charge is -2.39. The van der Waals surface area contributed by atoms with Crippen molar-refractivity contribution in [3.8, 4) is 10.4 Å². The van der Waals surface area contributed by atoms with Gasteiger partial charge < -0.3 is 15.1 Å². The summed E-state index contributed by atoms with van der Waals surface area (Å²) >= 11 is 1.43. The van der Waals surface area contributed by atoms with E-state index in [0.29, 0.717) is 43.0 Å². The third-order valence-electron chi connectivity index (χ3n) is 6.44. The van der Waals surface area contributed by atoms with Gasteiger partial charge in [-0.2, -0.15) is 0 Å². The highest BCUT2D eigenvalue weighted by atomic mass is 32.1. The number of benzene rings is 2. The molecule has 2 unspecified atom stereocenters. The summed E-state index contributed by atoms with van der Waals surface area (Å²) in [5.74, 6) is -0.578. The zero-order valence-corrected chi connectivity index (χ0v) is 20.3. The average Bonchev–Trinajstić information content (AvgIpc) is 3.49. The second-order valence-corrected chi connectivity index (χ2v) is 10.2. The molecule has 1 aliphatic heterocycles. The molecule has 5 rings (SSSR count). The topological polar surface area (TPSA) is 84.2 Å². The van der Waals surface area contributed by atoms with Crippen LogP contribution in [0.2, 0.25) is 0 Å².